The Balaban J connectivity index is 1.89. The van der Waals surface area contributed by atoms with Gasteiger partial charge < -0.3 is 14.6 Å². The lowest BCUT2D eigenvalue weighted by atomic mass is 10.2. The van der Waals surface area contributed by atoms with Gasteiger partial charge in [-0.05, 0) is 30.3 Å². The molecule has 3 nitrogen and oxygen atoms in total. The molecule has 0 heterocycles. The largest absolute Gasteiger partial charge is 0.504 e. The Morgan fingerprint density at radius 1 is 0.739 bits per heavy atom. The smallest absolute Gasteiger partial charge is 0.169 e. The molecule has 0 aliphatic carbocycles. The maximum atomic E-state index is 10.2. The number of ether oxygens (including phenoxy) is 2. The Bertz CT molecular complexity index is 773. The second-order valence-corrected chi connectivity index (χ2v) is 5.16. The zero-order valence-corrected chi connectivity index (χ0v) is 13.0. The minimum atomic E-state index is -0.00588. The number of hydrogen-bond acceptors (Lipinski definition) is 3. The van der Waals surface area contributed by atoms with E-state index in [-0.39, 0.29) is 11.6 Å². The summed E-state index contributed by atoms with van der Waals surface area (Å²) in [5.74, 6) is 2.40. The first-order valence-electron chi connectivity index (χ1n) is 7.14. The highest BCUT2D eigenvalue weighted by Gasteiger charge is 2.12. The first-order chi connectivity index (χ1) is 11.3. The fraction of sp³-hybridized carbons (Fsp3) is 0.0526. The fourth-order valence-electron chi connectivity index (χ4n) is 2.10. The molecule has 0 unspecified atom stereocenters. The molecule has 0 saturated heterocycles. The standard InChI is InChI=1S/C19H15ClO3/c20-13-14-11-19(23-16-9-5-2-6-10-16)17(21)12-18(14)22-15-7-3-1-4-8-15/h1-12,21H,13H2. The molecular formula is C19H15ClO3. The topological polar surface area (TPSA) is 38.7 Å². The number of benzene rings is 3. The SMILES string of the molecule is Oc1cc(Oc2ccccc2)c(CCl)cc1Oc1ccccc1. The van der Waals surface area contributed by atoms with E-state index < -0.39 is 0 Å². The van der Waals surface area contributed by atoms with Crippen molar-refractivity contribution in [1.82, 2.24) is 0 Å². The van der Waals surface area contributed by atoms with Crippen LogP contribution in [0.5, 0.6) is 28.7 Å². The predicted molar refractivity (Wildman–Crippen MR) is 90.7 cm³/mol. The molecule has 4 heteroatoms. The summed E-state index contributed by atoms with van der Waals surface area (Å²) in [6, 6.07) is 21.8. The van der Waals surface area contributed by atoms with Gasteiger partial charge in [-0.2, -0.15) is 0 Å². The highest BCUT2D eigenvalue weighted by molar-refractivity contribution is 6.17. The second kappa shape index (κ2) is 7.07. The van der Waals surface area contributed by atoms with Crippen LogP contribution >= 0.6 is 11.6 Å². The van der Waals surface area contributed by atoms with E-state index in [9.17, 15) is 5.11 Å². The van der Waals surface area contributed by atoms with E-state index in [2.05, 4.69) is 0 Å². The molecule has 116 valence electrons. The number of halogens is 1. The van der Waals surface area contributed by atoms with Gasteiger partial charge in [-0.1, -0.05) is 36.4 Å². The maximum Gasteiger partial charge on any atom is 0.169 e. The molecule has 0 fully saturated rings. The van der Waals surface area contributed by atoms with Crippen LogP contribution < -0.4 is 9.47 Å². The van der Waals surface area contributed by atoms with Gasteiger partial charge in [-0.25, -0.2) is 0 Å². The molecule has 0 aliphatic heterocycles. The Morgan fingerprint density at radius 2 is 1.26 bits per heavy atom. The first kappa shape index (κ1) is 15.3. The van der Waals surface area contributed by atoms with Crippen molar-refractivity contribution in [2.45, 2.75) is 5.88 Å². The molecule has 0 amide bonds. The van der Waals surface area contributed by atoms with Crippen LogP contribution in [0.4, 0.5) is 0 Å². The molecule has 0 bridgehead atoms. The monoisotopic (exact) mass is 326 g/mol. The van der Waals surface area contributed by atoms with Gasteiger partial charge in [-0.15, -0.1) is 11.6 Å². The van der Waals surface area contributed by atoms with Crippen molar-refractivity contribution in [2.24, 2.45) is 0 Å². The predicted octanol–water partition coefficient (Wildman–Crippen LogP) is 5.72. The van der Waals surface area contributed by atoms with Crippen molar-refractivity contribution in [1.29, 1.82) is 0 Å². The second-order valence-electron chi connectivity index (χ2n) is 4.89. The van der Waals surface area contributed by atoms with Gasteiger partial charge >= 0.3 is 0 Å². The summed E-state index contributed by atoms with van der Waals surface area (Å²) < 4.78 is 11.5. The summed E-state index contributed by atoms with van der Waals surface area (Å²) >= 11 is 6.01. The summed E-state index contributed by atoms with van der Waals surface area (Å²) in [5, 5.41) is 10.2. The number of alkyl halides is 1. The third kappa shape index (κ3) is 3.76. The minimum absolute atomic E-state index is 0.00588. The van der Waals surface area contributed by atoms with Crippen LogP contribution in [-0.2, 0) is 5.88 Å². The molecular weight excluding hydrogens is 312 g/mol. The van der Waals surface area contributed by atoms with Crippen LogP contribution in [0.2, 0.25) is 0 Å². The van der Waals surface area contributed by atoms with Crippen LogP contribution in [0, 0.1) is 0 Å². The van der Waals surface area contributed by atoms with Crippen molar-refractivity contribution in [2.75, 3.05) is 0 Å². The zero-order chi connectivity index (χ0) is 16.1. The van der Waals surface area contributed by atoms with Gasteiger partial charge in [0.1, 0.15) is 17.2 Å². The number of para-hydroxylation sites is 2. The van der Waals surface area contributed by atoms with Gasteiger partial charge in [0.05, 0.1) is 5.88 Å². The third-order valence-corrected chi connectivity index (χ3v) is 3.52. The molecule has 0 aliphatic rings. The van der Waals surface area contributed by atoms with Crippen molar-refractivity contribution >= 4 is 11.6 Å². The molecule has 0 spiro atoms. The summed E-state index contributed by atoms with van der Waals surface area (Å²) in [5.41, 5.74) is 0.735. The molecule has 0 radical (unpaired) electrons. The number of rotatable bonds is 5. The van der Waals surface area contributed by atoms with Gasteiger partial charge in [0, 0.05) is 11.6 Å². The normalized spacial score (nSPS) is 10.3. The quantitative estimate of drug-likeness (QED) is 0.610. The average Bonchev–Trinajstić information content (AvgIpc) is 2.59. The van der Waals surface area contributed by atoms with Crippen molar-refractivity contribution in [3.63, 3.8) is 0 Å². The van der Waals surface area contributed by atoms with E-state index in [0.717, 1.165) is 5.56 Å². The molecule has 3 rings (SSSR count). The molecule has 23 heavy (non-hydrogen) atoms. The molecule has 0 aromatic heterocycles. The first-order valence-corrected chi connectivity index (χ1v) is 7.67. The van der Waals surface area contributed by atoms with E-state index >= 15 is 0 Å². The van der Waals surface area contributed by atoms with E-state index in [1.54, 1.807) is 6.07 Å². The van der Waals surface area contributed by atoms with Crippen molar-refractivity contribution in [3.05, 3.63) is 78.4 Å². The summed E-state index contributed by atoms with van der Waals surface area (Å²) in [6.45, 7) is 0. The van der Waals surface area contributed by atoms with Gasteiger partial charge in [-0.3, -0.25) is 0 Å². The average molecular weight is 327 g/mol. The van der Waals surface area contributed by atoms with Crippen molar-refractivity contribution in [3.8, 4) is 28.7 Å². The summed E-state index contributed by atoms with van der Waals surface area (Å²) in [7, 11) is 0. The molecule has 3 aromatic rings. The highest BCUT2D eigenvalue weighted by atomic mass is 35.5. The fourth-order valence-corrected chi connectivity index (χ4v) is 2.31. The summed E-state index contributed by atoms with van der Waals surface area (Å²) in [4.78, 5) is 0. The molecule has 0 saturated carbocycles. The van der Waals surface area contributed by atoms with Crippen LogP contribution in [0.15, 0.2) is 72.8 Å². The van der Waals surface area contributed by atoms with Crippen LogP contribution in [0.25, 0.3) is 0 Å². The van der Waals surface area contributed by atoms with Crippen molar-refractivity contribution < 1.29 is 14.6 Å². The van der Waals surface area contributed by atoms with Gasteiger partial charge in [0.15, 0.2) is 11.5 Å². The lowest BCUT2D eigenvalue weighted by molar-refractivity contribution is 0.403. The number of aromatic hydroxyl groups is 1. The molecule has 0 atom stereocenters. The van der Waals surface area contributed by atoms with E-state index in [0.29, 0.717) is 23.0 Å². The lowest BCUT2D eigenvalue weighted by Crippen LogP contribution is -1.92. The van der Waals surface area contributed by atoms with E-state index in [4.69, 9.17) is 21.1 Å². The van der Waals surface area contributed by atoms with Crippen LogP contribution in [0.1, 0.15) is 5.56 Å². The van der Waals surface area contributed by atoms with E-state index in [1.165, 1.54) is 6.07 Å². The third-order valence-electron chi connectivity index (χ3n) is 3.23. The molecule has 1 N–H and O–H groups in total. The number of phenolic OH excluding ortho intramolecular Hbond substituents is 1. The molecule has 3 aromatic carbocycles. The number of hydrogen-bond donors (Lipinski definition) is 1. The minimum Gasteiger partial charge on any atom is -0.504 e. The zero-order valence-electron chi connectivity index (χ0n) is 12.3. The Kier molecular flexibility index (Phi) is 4.69. The number of phenols is 1. The Hall–Kier alpha value is -2.65. The maximum absolute atomic E-state index is 10.2. The Labute approximate surface area is 139 Å². The van der Waals surface area contributed by atoms with Gasteiger partial charge in [0.25, 0.3) is 0 Å². The van der Waals surface area contributed by atoms with E-state index in [1.807, 2.05) is 60.7 Å². The van der Waals surface area contributed by atoms with Crippen LogP contribution in [-0.4, -0.2) is 5.11 Å². The Morgan fingerprint density at radius 3 is 1.78 bits per heavy atom. The lowest BCUT2D eigenvalue weighted by Gasteiger charge is -2.14. The highest BCUT2D eigenvalue weighted by Crippen LogP contribution is 2.38. The summed E-state index contributed by atoms with van der Waals surface area (Å²) in [6.07, 6.45) is 0. The van der Waals surface area contributed by atoms with Crippen LogP contribution in [0.3, 0.4) is 0 Å². The van der Waals surface area contributed by atoms with Gasteiger partial charge in [0.2, 0.25) is 0 Å².